The summed E-state index contributed by atoms with van der Waals surface area (Å²) in [5.41, 5.74) is 4.73. The Morgan fingerprint density at radius 2 is 1.92 bits per heavy atom. The molecule has 0 saturated heterocycles. The molecular formula is C16H15F3N2O4S. The van der Waals surface area contributed by atoms with E-state index in [9.17, 15) is 21.6 Å². The van der Waals surface area contributed by atoms with Crippen LogP contribution in [0.3, 0.4) is 0 Å². The summed E-state index contributed by atoms with van der Waals surface area (Å²) in [6.45, 7) is -0.105. The summed E-state index contributed by atoms with van der Waals surface area (Å²) >= 11 is 0. The van der Waals surface area contributed by atoms with Gasteiger partial charge in [0.25, 0.3) is 10.0 Å². The highest BCUT2D eigenvalue weighted by Gasteiger charge is 2.35. The molecule has 0 radical (unpaired) electrons. The number of halogens is 3. The van der Waals surface area contributed by atoms with Crippen LogP contribution in [0.1, 0.15) is 5.56 Å². The molecule has 26 heavy (non-hydrogen) atoms. The van der Waals surface area contributed by atoms with Crippen LogP contribution in [0.25, 0.3) is 0 Å². The number of rotatable bonds is 3. The fraction of sp³-hybridized carbons (Fsp3) is 0.250. The summed E-state index contributed by atoms with van der Waals surface area (Å²) in [4.78, 5) is -0.152. The van der Waals surface area contributed by atoms with Crippen LogP contribution in [0, 0.1) is 0 Å². The Kier molecular flexibility index (Phi) is 4.39. The van der Waals surface area contributed by atoms with E-state index >= 15 is 0 Å². The first kappa shape index (κ1) is 18.2. The number of alkyl halides is 3. The number of nitrogens with two attached hydrogens (primary N) is 1. The van der Waals surface area contributed by atoms with Crippen molar-refractivity contribution in [2.75, 3.05) is 30.3 Å². The van der Waals surface area contributed by atoms with Gasteiger partial charge in [0.15, 0.2) is 0 Å². The predicted molar refractivity (Wildman–Crippen MR) is 88.9 cm³/mol. The van der Waals surface area contributed by atoms with Crippen LogP contribution in [0.5, 0.6) is 11.5 Å². The van der Waals surface area contributed by atoms with Crippen LogP contribution in [-0.4, -0.2) is 28.7 Å². The Balaban J connectivity index is 2.09. The number of anilines is 2. The number of sulfonamides is 1. The maximum atomic E-state index is 13.0. The van der Waals surface area contributed by atoms with Gasteiger partial charge < -0.3 is 15.2 Å². The second-order valence-corrected chi connectivity index (χ2v) is 7.37. The van der Waals surface area contributed by atoms with Gasteiger partial charge in [0.1, 0.15) is 18.1 Å². The Morgan fingerprint density at radius 3 is 2.54 bits per heavy atom. The fourth-order valence-electron chi connectivity index (χ4n) is 2.62. The molecule has 2 aromatic rings. The third-order valence-electron chi connectivity index (χ3n) is 3.90. The van der Waals surface area contributed by atoms with Crippen LogP contribution in [0.2, 0.25) is 0 Å². The molecule has 3 rings (SSSR count). The first-order valence-electron chi connectivity index (χ1n) is 7.45. The van der Waals surface area contributed by atoms with Crippen LogP contribution in [0.15, 0.2) is 41.3 Å². The predicted octanol–water partition coefficient (Wildman–Crippen LogP) is 2.88. The molecule has 2 aromatic carbocycles. The minimum atomic E-state index is -4.60. The van der Waals surface area contributed by atoms with E-state index in [2.05, 4.69) is 0 Å². The molecule has 6 nitrogen and oxygen atoms in total. The van der Waals surface area contributed by atoms with E-state index in [1.54, 1.807) is 0 Å². The lowest BCUT2D eigenvalue weighted by Gasteiger charge is -2.31. The summed E-state index contributed by atoms with van der Waals surface area (Å²) in [5.74, 6) is 0.361. The molecule has 0 bridgehead atoms. The van der Waals surface area contributed by atoms with Gasteiger partial charge in [-0.1, -0.05) is 0 Å². The Labute approximate surface area is 148 Å². The number of fused-ring (bicyclic) bond motifs is 1. The molecule has 0 atom stereocenters. The lowest BCUT2D eigenvalue weighted by Crippen LogP contribution is -2.38. The topological polar surface area (TPSA) is 81.9 Å². The molecule has 0 aliphatic carbocycles. The van der Waals surface area contributed by atoms with Gasteiger partial charge in [-0.25, -0.2) is 8.42 Å². The number of benzene rings is 2. The van der Waals surface area contributed by atoms with Crippen molar-refractivity contribution in [1.29, 1.82) is 0 Å². The first-order chi connectivity index (χ1) is 12.1. The number of methoxy groups -OCH3 is 1. The third kappa shape index (κ3) is 3.12. The second-order valence-electron chi connectivity index (χ2n) is 5.51. The Hall–Kier alpha value is -2.62. The largest absolute Gasteiger partial charge is 0.495 e. The number of nitrogen functional groups attached to an aromatic ring is 1. The fourth-order valence-corrected chi connectivity index (χ4v) is 4.11. The summed E-state index contributed by atoms with van der Waals surface area (Å²) in [7, 11) is -2.75. The Morgan fingerprint density at radius 1 is 1.19 bits per heavy atom. The molecule has 0 spiro atoms. The van der Waals surface area contributed by atoms with E-state index in [1.807, 2.05) is 0 Å². The van der Waals surface area contributed by atoms with Gasteiger partial charge in [-0.05, 0) is 36.4 Å². The van der Waals surface area contributed by atoms with Gasteiger partial charge >= 0.3 is 6.18 Å². The van der Waals surface area contributed by atoms with E-state index in [0.29, 0.717) is 5.75 Å². The van der Waals surface area contributed by atoms with Crippen molar-refractivity contribution in [3.63, 3.8) is 0 Å². The van der Waals surface area contributed by atoms with Crippen molar-refractivity contribution in [2.24, 2.45) is 0 Å². The van der Waals surface area contributed by atoms with E-state index in [1.165, 1.54) is 25.3 Å². The number of nitrogens with zero attached hydrogens (tertiary/aromatic N) is 1. The van der Waals surface area contributed by atoms with Crippen molar-refractivity contribution < 1.29 is 31.1 Å². The van der Waals surface area contributed by atoms with Crippen LogP contribution >= 0.6 is 0 Å². The van der Waals surface area contributed by atoms with Gasteiger partial charge in [-0.3, -0.25) is 4.31 Å². The van der Waals surface area contributed by atoms with Gasteiger partial charge in [0.2, 0.25) is 0 Å². The summed E-state index contributed by atoms with van der Waals surface area (Å²) in [6.07, 6.45) is -4.60. The lowest BCUT2D eigenvalue weighted by molar-refractivity contribution is -0.137. The smallest absolute Gasteiger partial charge is 0.416 e. The zero-order valence-electron chi connectivity index (χ0n) is 13.6. The van der Waals surface area contributed by atoms with Crippen molar-refractivity contribution in [3.05, 3.63) is 42.0 Å². The van der Waals surface area contributed by atoms with Crippen molar-refractivity contribution >= 4 is 21.4 Å². The zero-order valence-corrected chi connectivity index (χ0v) is 14.4. The summed E-state index contributed by atoms with van der Waals surface area (Å²) in [5, 5.41) is 0. The number of ether oxygens (including phenoxy) is 2. The molecule has 2 N–H and O–H groups in total. The van der Waals surface area contributed by atoms with Crippen LogP contribution < -0.4 is 19.5 Å². The van der Waals surface area contributed by atoms with E-state index < -0.39 is 21.8 Å². The molecular weight excluding hydrogens is 373 g/mol. The molecule has 1 aliphatic heterocycles. The molecule has 10 heteroatoms. The normalized spacial score (nSPS) is 14.5. The average molecular weight is 388 g/mol. The summed E-state index contributed by atoms with van der Waals surface area (Å²) < 4.78 is 76.1. The van der Waals surface area contributed by atoms with Crippen LogP contribution in [-0.2, 0) is 16.2 Å². The van der Waals surface area contributed by atoms with Crippen LogP contribution in [0.4, 0.5) is 24.5 Å². The molecule has 1 heterocycles. The van der Waals surface area contributed by atoms with Gasteiger partial charge in [-0.15, -0.1) is 0 Å². The second kappa shape index (κ2) is 6.27. The van der Waals surface area contributed by atoms with Gasteiger partial charge in [0.05, 0.1) is 35.5 Å². The maximum Gasteiger partial charge on any atom is 0.416 e. The van der Waals surface area contributed by atoms with Crippen molar-refractivity contribution in [2.45, 2.75) is 11.1 Å². The maximum absolute atomic E-state index is 13.0. The minimum Gasteiger partial charge on any atom is -0.495 e. The van der Waals surface area contributed by atoms with Gasteiger partial charge in [0, 0.05) is 0 Å². The van der Waals surface area contributed by atoms with Crippen molar-refractivity contribution in [1.82, 2.24) is 0 Å². The highest BCUT2D eigenvalue weighted by molar-refractivity contribution is 7.92. The van der Waals surface area contributed by atoms with E-state index in [-0.39, 0.29) is 35.2 Å². The molecule has 0 aromatic heterocycles. The first-order valence-corrected chi connectivity index (χ1v) is 8.89. The number of hydrogen-bond acceptors (Lipinski definition) is 5. The lowest BCUT2D eigenvalue weighted by atomic mass is 10.1. The SMILES string of the molecule is COc1ccc(S(=O)(=O)N2CCOc3ccc(C(F)(F)F)cc32)cc1N. The standard InChI is InChI=1S/C16H15F3N2O4S/c1-24-14-5-3-11(9-12(14)20)26(22,23)21-6-7-25-15-4-2-10(8-13(15)21)16(17,18)19/h2-5,8-9H,6-7,20H2,1H3. The average Bonchev–Trinajstić information content (AvgIpc) is 2.59. The molecule has 0 fully saturated rings. The molecule has 0 saturated carbocycles. The molecule has 0 amide bonds. The molecule has 1 aliphatic rings. The third-order valence-corrected chi connectivity index (χ3v) is 5.71. The monoisotopic (exact) mass is 388 g/mol. The molecule has 140 valence electrons. The molecule has 0 unspecified atom stereocenters. The van der Waals surface area contributed by atoms with Crippen molar-refractivity contribution in [3.8, 4) is 11.5 Å². The number of hydrogen-bond donors (Lipinski definition) is 1. The van der Waals surface area contributed by atoms with E-state index in [4.69, 9.17) is 15.2 Å². The van der Waals surface area contributed by atoms with E-state index in [0.717, 1.165) is 22.5 Å². The van der Waals surface area contributed by atoms with Gasteiger partial charge in [-0.2, -0.15) is 13.2 Å². The highest BCUT2D eigenvalue weighted by atomic mass is 32.2. The highest BCUT2D eigenvalue weighted by Crippen LogP contribution is 2.40. The summed E-state index contributed by atoms with van der Waals surface area (Å²) in [6, 6.07) is 6.60. The zero-order chi connectivity index (χ0) is 19.1. The minimum absolute atomic E-state index is 0.0171. The Bertz CT molecular complexity index is 945. The quantitative estimate of drug-likeness (QED) is 0.818.